The van der Waals surface area contributed by atoms with E-state index >= 15 is 0 Å². The predicted octanol–water partition coefficient (Wildman–Crippen LogP) is 6.15. The predicted molar refractivity (Wildman–Crippen MR) is 111 cm³/mol. The largest absolute Gasteiger partial charge is 0.493 e. The van der Waals surface area contributed by atoms with Crippen LogP contribution in [0.3, 0.4) is 0 Å². The molecule has 3 aromatic carbocycles. The van der Waals surface area contributed by atoms with Gasteiger partial charge in [0, 0.05) is 5.39 Å². The van der Waals surface area contributed by atoms with Crippen molar-refractivity contribution in [2.24, 2.45) is 10.2 Å². The summed E-state index contributed by atoms with van der Waals surface area (Å²) in [4.78, 5) is 0. The van der Waals surface area contributed by atoms with Crippen molar-refractivity contribution < 1.29 is 9.84 Å². The topological polar surface area (TPSA) is 59.1 Å². The molecule has 0 saturated carbocycles. The number of hydrogen-bond donors (Lipinski definition) is 1. The van der Waals surface area contributed by atoms with Crippen molar-refractivity contribution in [1.82, 2.24) is 4.57 Å². The normalized spacial score (nSPS) is 11.3. The van der Waals surface area contributed by atoms with Crippen molar-refractivity contribution in [2.45, 2.75) is 13.5 Å². The van der Waals surface area contributed by atoms with E-state index in [1.807, 2.05) is 90.4 Å². The summed E-state index contributed by atoms with van der Waals surface area (Å²) in [6, 6.07) is 25.2. The average Bonchev–Trinajstić information content (AvgIpc) is 3.00. The smallest absolute Gasteiger partial charge is 0.220 e. The molecule has 0 spiro atoms. The zero-order valence-corrected chi connectivity index (χ0v) is 15.6. The van der Waals surface area contributed by atoms with Crippen LogP contribution in [0, 0.1) is 6.92 Å². The Balaban J connectivity index is 1.59. The molecule has 140 valence electrons. The second kappa shape index (κ2) is 7.96. The standard InChI is InChI=1S/C23H21N3O2/c1-17-11-13-19(14-12-17)28-16-15-26-21-10-6-5-9-20(21)22(23(26)27)25-24-18-7-3-2-4-8-18/h2-14,27H,15-16H2,1H3. The number of azo groups is 1. The Morgan fingerprint density at radius 1 is 0.857 bits per heavy atom. The highest BCUT2D eigenvalue weighted by Crippen LogP contribution is 2.39. The van der Waals surface area contributed by atoms with E-state index in [1.165, 1.54) is 5.56 Å². The number of fused-ring (bicyclic) bond motifs is 1. The SMILES string of the molecule is Cc1ccc(OCCn2c(O)c(N=Nc3ccccc3)c3ccccc32)cc1. The van der Waals surface area contributed by atoms with Crippen LogP contribution in [0.15, 0.2) is 89.1 Å². The maximum atomic E-state index is 10.8. The van der Waals surface area contributed by atoms with Crippen molar-refractivity contribution in [2.75, 3.05) is 6.61 Å². The van der Waals surface area contributed by atoms with Crippen molar-refractivity contribution in [3.05, 3.63) is 84.4 Å². The molecule has 0 amide bonds. The van der Waals surface area contributed by atoms with Crippen molar-refractivity contribution in [3.63, 3.8) is 0 Å². The number of nitrogens with zero attached hydrogens (tertiary/aromatic N) is 3. The van der Waals surface area contributed by atoms with Gasteiger partial charge in [-0.3, -0.25) is 0 Å². The van der Waals surface area contributed by atoms with Crippen molar-refractivity contribution >= 4 is 22.3 Å². The number of para-hydroxylation sites is 1. The highest BCUT2D eigenvalue weighted by molar-refractivity contribution is 5.95. The fraction of sp³-hybridized carbons (Fsp3) is 0.130. The summed E-state index contributed by atoms with van der Waals surface area (Å²) in [5.41, 5.74) is 3.29. The van der Waals surface area contributed by atoms with E-state index in [4.69, 9.17) is 4.74 Å². The minimum atomic E-state index is 0.0911. The first-order valence-corrected chi connectivity index (χ1v) is 9.19. The number of ether oxygens (including phenoxy) is 1. The molecule has 0 radical (unpaired) electrons. The molecule has 1 heterocycles. The van der Waals surface area contributed by atoms with Crippen LogP contribution in [0.2, 0.25) is 0 Å². The summed E-state index contributed by atoms with van der Waals surface area (Å²) in [7, 11) is 0. The Hall–Kier alpha value is -3.60. The Labute approximate surface area is 163 Å². The molecule has 4 aromatic rings. The minimum absolute atomic E-state index is 0.0911. The number of aromatic nitrogens is 1. The molecule has 4 rings (SSSR count). The van der Waals surface area contributed by atoms with Gasteiger partial charge < -0.3 is 14.4 Å². The van der Waals surface area contributed by atoms with Gasteiger partial charge >= 0.3 is 0 Å². The molecule has 0 saturated heterocycles. The van der Waals surface area contributed by atoms with E-state index in [1.54, 1.807) is 0 Å². The molecule has 5 heteroatoms. The molecular formula is C23H21N3O2. The molecule has 1 N–H and O–H groups in total. The quantitative estimate of drug-likeness (QED) is 0.413. The number of hydrogen-bond acceptors (Lipinski definition) is 4. The van der Waals surface area contributed by atoms with E-state index in [0.29, 0.717) is 18.8 Å². The first kappa shape index (κ1) is 17.8. The summed E-state index contributed by atoms with van der Waals surface area (Å²) >= 11 is 0. The summed E-state index contributed by atoms with van der Waals surface area (Å²) < 4.78 is 7.63. The monoisotopic (exact) mass is 371 g/mol. The van der Waals surface area contributed by atoms with Gasteiger partial charge in [0.2, 0.25) is 5.88 Å². The van der Waals surface area contributed by atoms with E-state index in [-0.39, 0.29) is 5.88 Å². The van der Waals surface area contributed by atoms with Crippen LogP contribution in [0.1, 0.15) is 5.56 Å². The summed E-state index contributed by atoms with van der Waals surface area (Å²) in [6.07, 6.45) is 0. The third-order valence-corrected chi connectivity index (χ3v) is 4.54. The Morgan fingerprint density at radius 3 is 2.36 bits per heavy atom. The Morgan fingerprint density at radius 2 is 1.57 bits per heavy atom. The summed E-state index contributed by atoms with van der Waals surface area (Å²) in [6.45, 7) is 2.98. The van der Waals surface area contributed by atoms with Gasteiger partial charge in [-0.2, -0.15) is 5.11 Å². The third-order valence-electron chi connectivity index (χ3n) is 4.54. The fourth-order valence-electron chi connectivity index (χ4n) is 3.09. The summed E-state index contributed by atoms with van der Waals surface area (Å²) in [5.74, 6) is 0.902. The molecule has 0 atom stereocenters. The van der Waals surface area contributed by atoms with Crippen molar-refractivity contribution in [3.8, 4) is 11.6 Å². The lowest BCUT2D eigenvalue weighted by molar-refractivity contribution is 0.290. The highest BCUT2D eigenvalue weighted by atomic mass is 16.5. The molecule has 0 fully saturated rings. The van der Waals surface area contributed by atoms with Gasteiger partial charge in [-0.25, -0.2) is 0 Å². The zero-order valence-electron chi connectivity index (χ0n) is 15.6. The first-order valence-electron chi connectivity index (χ1n) is 9.19. The van der Waals surface area contributed by atoms with Crippen LogP contribution in [0.25, 0.3) is 10.9 Å². The highest BCUT2D eigenvalue weighted by Gasteiger charge is 2.16. The molecular weight excluding hydrogens is 350 g/mol. The molecule has 0 unspecified atom stereocenters. The molecule has 0 bridgehead atoms. The van der Waals surface area contributed by atoms with E-state index in [0.717, 1.165) is 22.3 Å². The maximum absolute atomic E-state index is 10.8. The lowest BCUT2D eigenvalue weighted by Gasteiger charge is -2.09. The van der Waals surface area contributed by atoms with E-state index in [2.05, 4.69) is 10.2 Å². The number of aryl methyl sites for hydroxylation is 1. The average molecular weight is 371 g/mol. The third kappa shape index (κ3) is 3.74. The molecule has 0 aliphatic rings. The molecule has 1 aromatic heterocycles. The fourth-order valence-corrected chi connectivity index (χ4v) is 3.09. The van der Waals surface area contributed by atoms with Gasteiger partial charge in [0.1, 0.15) is 12.4 Å². The minimum Gasteiger partial charge on any atom is -0.493 e. The van der Waals surface area contributed by atoms with Crippen LogP contribution < -0.4 is 4.74 Å². The van der Waals surface area contributed by atoms with E-state index in [9.17, 15) is 5.11 Å². The van der Waals surface area contributed by atoms with E-state index < -0.39 is 0 Å². The van der Waals surface area contributed by atoms with Crippen molar-refractivity contribution in [1.29, 1.82) is 0 Å². The Kier molecular flexibility index (Phi) is 5.06. The second-order valence-corrected chi connectivity index (χ2v) is 6.54. The number of rotatable bonds is 6. The van der Waals surface area contributed by atoms with Gasteiger partial charge in [-0.1, -0.05) is 54.1 Å². The molecule has 28 heavy (non-hydrogen) atoms. The van der Waals surface area contributed by atoms with Crippen LogP contribution >= 0.6 is 0 Å². The van der Waals surface area contributed by atoms with Gasteiger partial charge in [-0.15, -0.1) is 5.11 Å². The maximum Gasteiger partial charge on any atom is 0.220 e. The molecule has 0 aliphatic heterocycles. The number of benzene rings is 3. The molecule has 0 aliphatic carbocycles. The van der Waals surface area contributed by atoms with Crippen LogP contribution in [0.4, 0.5) is 11.4 Å². The first-order chi connectivity index (χ1) is 13.7. The van der Waals surface area contributed by atoms with Gasteiger partial charge in [0.25, 0.3) is 0 Å². The van der Waals surface area contributed by atoms with Gasteiger partial charge in [-0.05, 0) is 37.3 Å². The Bertz CT molecular complexity index is 1100. The van der Waals surface area contributed by atoms with Gasteiger partial charge in [0.15, 0.2) is 5.69 Å². The lowest BCUT2D eigenvalue weighted by atomic mass is 10.2. The summed E-state index contributed by atoms with van der Waals surface area (Å²) in [5, 5.41) is 20.2. The van der Waals surface area contributed by atoms with Crippen LogP contribution in [-0.2, 0) is 6.54 Å². The van der Waals surface area contributed by atoms with Crippen LogP contribution in [-0.4, -0.2) is 16.3 Å². The van der Waals surface area contributed by atoms with Gasteiger partial charge in [0.05, 0.1) is 17.7 Å². The number of aromatic hydroxyl groups is 1. The second-order valence-electron chi connectivity index (χ2n) is 6.54. The lowest BCUT2D eigenvalue weighted by Crippen LogP contribution is -2.07. The molecule has 5 nitrogen and oxygen atoms in total. The zero-order chi connectivity index (χ0) is 19.3. The van der Waals surface area contributed by atoms with Crippen LogP contribution in [0.5, 0.6) is 11.6 Å².